The first-order valence-electron chi connectivity index (χ1n) is 6.02. The number of nitrogens with one attached hydrogen (secondary N) is 1. The van der Waals surface area contributed by atoms with E-state index in [0.717, 1.165) is 19.5 Å². The van der Waals surface area contributed by atoms with E-state index in [9.17, 15) is 4.79 Å². The molecule has 1 aromatic carbocycles. The summed E-state index contributed by atoms with van der Waals surface area (Å²) in [7, 11) is 1.82. The molecule has 1 saturated heterocycles. The maximum Gasteiger partial charge on any atom is 0.260 e. The fourth-order valence-corrected chi connectivity index (χ4v) is 2.17. The summed E-state index contributed by atoms with van der Waals surface area (Å²) >= 11 is 5.95. The minimum atomic E-state index is -0.0244. The molecule has 1 heterocycles. The van der Waals surface area contributed by atoms with Gasteiger partial charge >= 0.3 is 0 Å². The zero-order valence-corrected chi connectivity index (χ0v) is 12.3. The van der Waals surface area contributed by atoms with Gasteiger partial charge < -0.3 is 15.0 Å². The highest BCUT2D eigenvalue weighted by Gasteiger charge is 2.23. The monoisotopic (exact) mass is 304 g/mol. The van der Waals surface area contributed by atoms with E-state index in [4.69, 9.17) is 16.3 Å². The molecular formula is C13H18Cl2N2O2. The van der Waals surface area contributed by atoms with Gasteiger partial charge in [0, 0.05) is 19.6 Å². The summed E-state index contributed by atoms with van der Waals surface area (Å²) in [4.78, 5) is 13.7. The number of para-hydroxylation sites is 1. The highest BCUT2D eigenvalue weighted by molar-refractivity contribution is 6.32. The van der Waals surface area contributed by atoms with Crippen LogP contribution in [0.25, 0.3) is 0 Å². The quantitative estimate of drug-likeness (QED) is 0.924. The van der Waals surface area contributed by atoms with Crippen LogP contribution in [-0.2, 0) is 4.79 Å². The van der Waals surface area contributed by atoms with Gasteiger partial charge in [0.2, 0.25) is 0 Å². The van der Waals surface area contributed by atoms with E-state index in [1.165, 1.54) is 0 Å². The number of carbonyl (C=O) groups is 1. The van der Waals surface area contributed by atoms with Crippen LogP contribution >= 0.6 is 24.0 Å². The van der Waals surface area contributed by atoms with Gasteiger partial charge in [-0.3, -0.25) is 4.79 Å². The van der Waals surface area contributed by atoms with Crippen molar-refractivity contribution in [1.29, 1.82) is 0 Å². The standard InChI is InChI=1S/C13H17ClN2O2.ClH/c1-16(10-6-7-15-8-10)13(17)9-18-12-5-3-2-4-11(12)14;/h2-5,10,15H,6-9H2,1H3;1H. The van der Waals surface area contributed by atoms with Crippen molar-refractivity contribution in [3.05, 3.63) is 29.3 Å². The number of hydrogen-bond donors (Lipinski definition) is 1. The van der Waals surface area contributed by atoms with Crippen LogP contribution in [0.5, 0.6) is 5.75 Å². The molecule has 1 amide bonds. The van der Waals surface area contributed by atoms with Crippen molar-refractivity contribution >= 4 is 29.9 Å². The lowest BCUT2D eigenvalue weighted by molar-refractivity contribution is -0.133. The van der Waals surface area contributed by atoms with Crippen molar-refractivity contribution in [2.75, 3.05) is 26.7 Å². The average molecular weight is 305 g/mol. The second-order valence-electron chi connectivity index (χ2n) is 4.37. The highest BCUT2D eigenvalue weighted by Crippen LogP contribution is 2.23. The Morgan fingerprint density at radius 1 is 1.53 bits per heavy atom. The van der Waals surface area contributed by atoms with Gasteiger partial charge in [0.15, 0.2) is 6.61 Å². The smallest absolute Gasteiger partial charge is 0.260 e. The van der Waals surface area contributed by atoms with Gasteiger partial charge in [0.05, 0.1) is 5.02 Å². The number of amides is 1. The lowest BCUT2D eigenvalue weighted by Crippen LogP contribution is -2.40. The van der Waals surface area contributed by atoms with Gasteiger partial charge in [0.25, 0.3) is 5.91 Å². The Morgan fingerprint density at radius 3 is 2.89 bits per heavy atom. The maximum absolute atomic E-state index is 11.9. The van der Waals surface area contributed by atoms with Crippen LogP contribution in [0.15, 0.2) is 24.3 Å². The second-order valence-corrected chi connectivity index (χ2v) is 4.78. The summed E-state index contributed by atoms with van der Waals surface area (Å²) < 4.78 is 5.44. The lowest BCUT2D eigenvalue weighted by atomic mass is 10.2. The average Bonchev–Trinajstić information content (AvgIpc) is 2.90. The van der Waals surface area contributed by atoms with Crippen molar-refractivity contribution in [1.82, 2.24) is 10.2 Å². The van der Waals surface area contributed by atoms with E-state index in [-0.39, 0.29) is 31.0 Å². The Balaban J connectivity index is 0.00000180. The topological polar surface area (TPSA) is 41.6 Å². The van der Waals surface area contributed by atoms with Gasteiger partial charge in [-0.05, 0) is 25.1 Å². The number of likely N-dealkylation sites (N-methyl/N-ethyl adjacent to an activating group) is 1. The Morgan fingerprint density at radius 2 is 2.26 bits per heavy atom. The Hall–Kier alpha value is -0.970. The SMILES string of the molecule is CN(C(=O)COc1ccccc1Cl)C1CCNC1.Cl. The molecule has 1 aliphatic heterocycles. The van der Waals surface area contributed by atoms with Crippen LogP contribution in [0.2, 0.25) is 5.02 Å². The number of ether oxygens (including phenoxy) is 1. The van der Waals surface area contributed by atoms with Crippen molar-refractivity contribution in [3.8, 4) is 5.75 Å². The molecule has 19 heavy (non-hydrogen) atoms. The molecule has 1 aromatic rings. The van der Waals surface area contributed by atoms with E-state index >= 15 is 0 Å². The maximum atomic E-state index is 11.9. The molecular weight excluding hydrogens is 287 g/mol. The minimum absolute atomic E-state index is 0. The molecule has 1 aliphatic rings. The lowest BCUT2D eigenvalue weighted by Gasteiger charge is -2.23. The zero-order valence-electron chi connectivity index (χ0n) is 10.8. The molecule has 2 rings (SSSR count). The normalized spacial score (nSPS) is 17.7. The molecule has 1 atom stereocenters. The number of nitrogens with zero attached hydrogens (tertiary/aromatic N) is 1. The van der Waals surface area contributed by atoms with Gasteiger partial charge in [-0.15, -0.1) is 12.4 Å². The summed E-state index contributed by atoms with van der Waals surface area (Å²) in [6.07, 6.45) is 0.994. The zero-order chi connectivity index (χ0) is 13.0. The molecule has 106 valence electrons. The number of halogens is 2. The molecule has 0 radical (unpaired) electrons. The fourth-order valence-electron chi connectivity index (χ4n) is 1.98. The van der Waals surface area contributed by atoms with Crippen LogP contribution in [-0.4, -0.2) is 43.6 Å². The number of benzene rings is 1. The van der Waals surface area contributed by atoms with Gasteiger partial charge in [-0.25, -0.2) is 0 Å². The van der Waals surface area contributed by atoms with Crippen LogP contribution in [0.4, 0.5) is 0 Å². The second kappa shape index (κ2) is 7.58. The van der Waals surface area contributed by atoms with Crippen molar-refractivity contribution in [2.24, 2.45) is 0 Å². The Bertz CT molecular complexity index is 423. The molecule has 0 saturated carbocycles. The first kappa shape index (κ1) is 16.1. The number of rotatable bonds is 4. The van der Waals surface area contributed by atoms with E-state index in [1.54, 1.807) is 17.0 Å². The summed E-state index contributed by atoms with van der Waals surface area (Å²) in [6, 6.07) is 7.43. The third-order valence-electron chi connectivity index (χ3n) is 3.16. The molecule has 0 aromatic heterocycles. The number of carbonyl (C=O) groups excluding carboxylic acids is 1. The molecule has 1 unspecified atom stereocenters. The van der Waals surface area contributed by atoms with E-state index in [1.807, 2.05) is 19.2 Å². The Kier molecular flexibility index (Phi) is 6.42. The molecule has 1 N–H and O–H groups in total. The van der Waals surface area contributed by atoms with E-state index in [0.29, 0.717) is 10.8 Å². The van der Waals surface area contributed by atoms with Crippen molar-refractivity contribution < 1.29 is 9.53 Å². The molecule has 1 fully saturated rings. The van der Waals surface area contributed by atoms with Crippen LogP contribution in [0, 0.1) is 0 Å². The van der Waals surface area contributed by atoms with Gasteiger partial charge in [0.1, 0.15) is 5.75 Å². The summed E-state index contributed by atoms with van der Waals surface area (Å²) in [5.41, 5.74) is 0. The molecule has 0 aliphatic carbocycles. The molecule has 4 nitrogen and oxygen atoms in total. The minimum Gasteiger partial charge on any atom is -0.482 e. The molecule has 6 heteroatoms. The molecule has 0 spiro atoms. The summed E-state index contributed by atoms with van der Waals surface area (Å²) in [6.45, 7) is 1.85. The first-order chi connectivity index (χ1) is 8.68. The molecule has 0 bridgehead atoms. The largest absolute Gasteiger partial charge is 0.482 e. The first-order valence-corrected chi connectivity index (χ1v) is 6.40. The van der Waals surface area contributed by atoms with E-state index in [2.05, 4.69) is 5.32 Å². The summed E-state index contributed by atoms with van der Waals surface area (Å²) in [5.74, 6) is 0.522. The predicted octanol–water partition coefficient (Wildman–Crippen LogP) is 1.96. The van der Waals surface area contributed by atoms with Gasteiger partial charge in [-0.2, -0.15) is 0 Å². The summed E-state index contributed by atoms with van der Waals surface area (Å²) in [5, 5.41) is 3.76. The fraction of sp³-hybridized carbons (Fsp3) is 0.462. The van der Waals surface area contributed by atoms with E-state index < -0.39 is 0 Å². The number of hydrogen-bond acceptors (Lipinski definition) is 3. The third-order valence-corrected chi connectivity index (χ3v) is 3.48. The third kappa shape index (κ3) is 4.27. The highest BCUT2D eigenvalue weighted by atomic mass is 35.5. The van der Waals surface area contributed by atoms with Crippen LogP contribution in [0.3, 0.4) is 0 Å². The van der Waals surface area contributed by atoms with Crippen LogP contribution in [0.1, 0.15) is 6.42 Å². The predicted molar refractivity (Wildman–Crippen MR) is 78.2 cm³/mol. The Labute approximate surface area is 124 Å². The van der Waals surface area contributed by atoms with Crippen molar-refractivity contribution in [2.45, 2.75) is 12.5 Å². The van der Waals surface area contributed by atoms with Crippen molar-refractivity contribution in [3.63, 3.8) is 0 Å². The van der Waals surface area contributed by atoms with Gasteiger partial charge in [-0.1, -0.05) is 23.7 Å². The van der Waals surface area contributed by atoms with Crippen LogP contribution < -0.4 is 10.1 Å².